The summed E-state index contributed by atoms with van der Waals surface area (Å²) in [6, 6.07) is 7.48. The first-order chi connectivity index (χ1) is 10.2. The first-order valence-corrected chi connectivity index (χ1v) is 8.19. The lowest BCUT2D eigenvalue weighted by atomic mass is 10.1. The van der Waals surface area contributed by atoms with Gasteiger partial charge in [-0.1, -0.05) is 13.0 Å². The Balaban J connectivity index is 1.68. The van der Waals surface area contributed by atoms with Gasteiger partial charge in [-0.3, -0.25) is 14.8 Å². The second kappa shape index (κ2) is 6.42. The van der Waals surface area contributed by atoms with Crippen LogP contribution in [0.1, 0.15) is 31.7 Å². The molecule has 21 heavy (non-hydrogen) atoms. The summed E-state index contributed by atoms with van der Waals surface area (Å²) in [6.45, 7) is 11.7. The summed E-state index contributed by atoms with van der Waals surface area (Å²) in [5.41, 5.74) is 2.28. The molecule has 2 saturated heterocycles. The molecule has 2 aliphatic rings. The molecule has 1 aromatic rings. The van der Waals surface area contributed by atoms with E-state index in [2.05, 4.69) is 53.8 Å². The summed E-state index contributed by atoms with van der Waals surface area (Å²) in [7, 11) is 0. The Hall–Kier alpha value is -0.970. The average molecular weight is 289 g/mol. The van der Waals surface area contributed by atoms with E-state index in [0.29, 0.717) is 18.2 Å². The van der Waals surface area contributed by atoms with Crippen LogP contribution < -0.4 is 0 Å². The molecule has 4 nitrogen and oxygen atoms in total. The highest BCUT2D eigenvalue weighted by molar-refractivity contribution is 5.10. The third kappa shape index (κ3) is 3.28. The number of hydrogen-bond acceptors (Lipinski definition) is 4. The highest BCUT2D eigenvalue weighted by Crippen LogP contribution is 2.26. The first kappa shape index (κ1) is 14.9. The summed E-state index contributed by atoms with van der Waals surface area (Å²) < 4.78 is 6.01. The van der Waals surface area contributed by atoms with E-state index in [1.54, 1.807) is 0 Å². The van der Waals surface area contributed by atoms with E-state index < -0.39 is 0 Å². The van der Waals surface area contributed by atoms with Crippen LogP contribution in [0.15, 0.2) is 18.2 Å². The van der Waals surface area contributed by atoms with Gasteiger partial charge >= 0.3 is 0 Å². The number of aromatic nitrogens is 1. The highest BCUT2D eigenvalue weighted by atomic mass is 16.5. The molecular formula is C17H27N3O. The Labute approximate surface area is 128 Å². The Kier molecular flexibility index (Phi) is 4.57. The number of hydrogen-bond donors (Lipinski definition) is 0. The van der Waals surface area contributed by atoms with Crippen molar-refractivity contribution in [2.75, 3.05) is 26.2 Å². The van der Waals surface area contributed by atoms with Crippen molar-refractivity contribution in [1.29, 1.82) is 0 Å². The normalized spacial score (nSPS) is 28.5. The predicted octanol–water partition coefficient (Wildman–Crippen LogP) is 2.07. The molecule has 4 heteroatoms. The summed E-state index contributed by atoms with van der Waals surface area (Å²) in [5, 5.41) is 0. The maximum absolute atomic E-state index is 6.01. The molecule has 3 heterocycles. The van der Waals surface area contributed by atoms with E-state index >= 15 is 0 Å². The monoisotopic (exact) mass is 289 g/mol. The van der Waals surface area contributed by atoms with Crippen molar-refractivity contribution < 1.29 is 4.74 Å². The number of rotatable bonds is 4. The van der Waals surface area contributed by atoms with E-state index in [1.165, 1.54) is 12.1 Å². The van der Waals surface area contributed by atoms with Gasteiger partial charge in [0.15, 0.2) is 0 Å². The third-order valence-electron chi connectivity index (χ3n) is 4.97. The van der Waals surface area contributed by atoms with Gasteiger partial charge in [0.2, 0.25) is 0 Å². The summed E-state index contributed by atoms with van der Waals surface area (Å²) >= 11 is 0. The fourth-order valence-corrected chi connectivity index (χ4v) is 3.50. The van der Waals surface area contributed by atoms with Gasteiger partial charge in [0.05, 0.1) is 24.4 Å². The lowest BCUT2D eigenvalue weighted by molar-refractivity contribution is -0.0509. The fourth-order valence-electron chi connectivity index (χ4n) is 3.50. The van der Waals surface area contributed by atoms with E-state index in [-0.39, 0.29) is 0 Å². The minimum absolute atomic E-state index is 0.373. The van der Waals surface area contributed by atoms with Gasteiger partial charge in [0, 0.05) is 37.9 Å². The predicted molar refractivity (Wildman–Crippen MR) is 84.2 cm³/mol. The Morgan fingerprint density at radius 3 is 3.00 bits per heavy atom. The molecule has 3 rings (SSSR count). The van der Waals surface area contributed by atoms with E-state index in [9.17, 15) is 0 Å². The number of aryl methyl sites for hydroxylation is 1. The van der Waals surface area contributed by atoms with Crippen molar-refractivity contribution in [2.24, 2.45) is 0 Å². The van der Waals surface area contributed by atoms with Crippen molar-refractivity contribution in [1.82, 2.24) is 14.8 Å². The second-order valence-corrected chi connectivity index (χ2v) is 6.43. The maximum Gasteiger partial charge on any atom is 0.0870 e. The van der Waals surface area contributed by atoms with Crippen LogP contribution in [-0.2, 0) is 11.3 Å². The van der Waals surface area contributed by atoms with E-state index in [1.807, 2.05) is 0 Å². The van der Waals surface area contributed by atoms with Crippen LogP contribution in [0, 0.1) is 6.92 Å². The molecule has 2 aliphatic heterocycles. The zero-order valence-corrected chi connectivity index (χ0v) is 13.5. The number of fused-ring (bicyclic) bond motifs is 1. The van der Waals surface area contributed by atoms with E-state index in [4.69, 9.17) is 4.74 Å². The molecule has 3 atom stereocenters. The molecule has 0 spiro atoms. The lowest BCUT2D eigenvalue weighted by Crippen LogP contribution is -2.50. The van der Waals surface area contributed by atoms with Crippen molar-refractivity contribution >= 4 is 0 Å². The van der Waals surface area contributed by atoms with Crippen LogP contribution in [0.3, 0.4) is 0 Å². The van der Waals surface area contributed by atoms with Crippen LogP contribution >= 0.6 is 0 Å². The standard InChI is InChI=1S/C17H27N3O/c1-4-14(3)20-11-16-17(12-20)21-9-8-19(16)10-15-7-5-6-13(2)18-15/h5-7,14,16-17H,4,8-12H2,1-3H3/t14-,16+,17-/m0/s1. The van der Waals surface area contributed by atoms with Crippen LogP contribution in [0.4, 0.5) is 0 Å². The quantitative estimate of drug-likeness (QED) is 0.848. The minimum atomic E-state index is 0.373. The molecule has 0 N–H and O–H groups in total. The Morgan fingerprint density at radius 2 is 2.24 bits per heavy atom. The summed E-state index contributed by atoms with van der Waals surface area (Å²) in [5.74, 6) is 0. The number of pyridine rings is 1. The SMILES string of the molecule is CC[C@H](C)N1C[C@@H]2OCCN(Cc3cccc(C)n3)[C@@H]2C1. The minimum Gasteiger partial charge on any atom is -0.374 e. The number of ether oxygens (including phenoxy) is 1. The van der Waals surface area contributed by atoms with Crippen molar-refractivity contribution in [2.45, 2.75) is 51.9 Å². The average Bonchev–Trinajstić information content (AvgIpc) is 2.92. The topological polar surface area (TPSA) is 28.6 Å². The van der Waals surface area contributed by atoms with Gasteiger partial charge in [-0.2, -0.15) is 0 Å². The molecule has 1 aromatic heterocycles. The smallest absolute Gasteiger partial charge is 0.0870 e. The number of nitrogens with zero attached hydrogens (tertiary/aromatic N) is 3. The molecule has 0 radical (unpaired) electrons. The van der Waals surface area contributed by atoms with Crippen LogP contribution in [-0.4, -0.2) is 59.2 Å². The van der Waals surface area contributed by atoms with Crippen LogP contribution in [0.5, 0.6) is 0 Å². The summed E-state index contributed by atoms with van der Waals surface area (Å²) in [6.07, 6.45) is 1.58. The molecule has 0 aliphatic carbocycles. The second-order valence-electron chi connectivity index (χ2n) is 6.43. The first-order valence-electron chi connectivity index (χ1n) is 8.19. The number of morpholine rings is 1. The van der Waals surface area contributed by atoms with Gasteiger partial charge in [0.1, 0.15) is 0 Å². The maximum atomic E-state index is 6.01. The van der Waals surface area contributed by atoms with Gasteiger partial charge < -0.3 is 4.74 Å². The van der Waals surface area contributed by atoms with Crippen molar-refractivity contribution in [3.8, 4) is 0 Å². The largest absolute Gasteiger partial charge is 0.374 e. The van der Waals surface area contributed by atoms with Crippen LogP contribution in [0.25, 0.3) is 0 Å². The zero-order valence-electron chi connectivity index (χ0n) is 13.5. The van der Waals surface area contributed by atoms with E-state index in [0.717, 1.165) is 38.5 Å². The fraction of sp³-hybridized carbons (Fsp3) is 0.706. The molecule has 0 amide bonds. The molecular weight excluding hydrogens is 262 g/mol. The van der Waals surface area contributed by atoms with Gasteiger partial charge in [-0.15, -0.1) is 0 Å². The molecule has 2 fully saturated rings. The van der Waals surface area contributed by atoms with Gasteiger partial charge in [-0.25, -0.2) is 0 Å². The summed E-state index contributed by atoms with van der Waals surface area (Å²) in [4.78, 5) is 9.80. The Morgan fingerprint density at radius 1 is 1.38 bits per heavy atom. The highest BCUT2D eigenvalue weighted by Gasteiger charge is 2.41. The Bertz CT molecular complexity index is 479. The molecule has 0 aromatic carbocycles. The molecule has 0 bridgehead atoms. The van der Waals surface area contributed by atoms with Crippen LogP contribution in [0.2, 0.25) is 0 Å². The van der Waals surface area contributed by atoms with Gasteiger partial charge in [0.25, 0.3) is 0 Å². The lowest BCUT2D eigenvalue weighted by Gasteiger charge is -2.36. The molecule has 116 valence electrons. The third-order valence-corrected chi connectivity index (χ3v) is 4.97. The van der Waals surface area contributed by atoms with Crippen molar-refractivity contribution in [3.05, 3.63) is 29.6 Å². The zero-order chi connectivity index (χ0) is 14.8. The molecule has 0 saturated carbocycles. The molecule has 0 unspecified atom stereocenters. The number of likely N-dealkylation sites (tertiary alicyclic amines) is 1. The van der Waals surface area contributed by atoms with Gasteiger partial charge in [-0.05, 0) is 32.4 Å². The van der Waals surface area contributed by atoms with Crippen molar-refractivity contribution in [3.63, 3.8) is 0 Å².